The van der Waals surface area contributed by atoms with E-state index in [1.54, 1.807) is 11.0 Å². The molecule has 8 nitrogen and oxygen atoms in total. The SMILES string of the molecule is COc1ccc(C(CC(=O)O)NC(=O)N2CC(CCc3ccc4c(n3)NCCC4)C2)cc1F. The molecule has 0 aliphatic carbocycles. The van der Waals surface area contributed by atoms with Crippen LogP contribution in [-0.4, -0.2) is 53.7 Å². The lowest BCUT2D eigenvalue weighted by atomic mass is 9.93. The Hall–Kier alpha value is -3.36. The third-order valence-electron chi connectivity index (χ3n) is 6.26. The van der Waals surface area contributed by atoms with Crippen LogP contribution in [0.2, 0.25) is 0 Å². The van der Waals surface area contributed by atoms with Crippen molar-refractivity contribution in [2.75, 3.05) is 32.1 Å². The number of hydrogen-bond donors (Lipinski definition) is 3. The molecule has 9 heteroatoms. The van der Waals surface area contributed by atoms with Crippen LogP contribution in [0, 0.1) is 11.7 Å². The zero-order valence-corrected chi connectivity index (χ0v) is 18.6. The molecule has 4 rings (SSSR count). The molecule has 0 saturated carbocycles. The van der Waals surface area contributed by atoms with Gasteiger partial charge >= 0.3 is 12.0 Å². The molecule has 2 aliphatic heterocycles. The fourth-order valence-corrected chi connectivity index (χ4v) is 4.34. The highest BCUT2D eigenvalue weighted by Gasteiger charge is 2.32. The number of urea groups is 1. The Kier molecular flexibility index (Phi) is 6.96. The molecule has 1 unspecified atom stereocenters. The third-order valence-corrected chi connectivity index (χ3v) is 6.26. The van der Waals surface area contributed by atoms with Gasteiger partial charge in [0.25, 0.3) is 0 Å². The van der Waals surface area contributed by atoms with E-state index in [1.807, 2.05) is 0 Å². The number of fused-ring (bicyclic) bond motifs is 1. The molecule has 0 spiro atoms. The molecule has 2 amide bonds. The summed E-state index contributed by atoms with van der Waals surface area (Å²) >= 11 is 0. The van der Waals surface area contributed by atoms with Gasteiger partial charge in [-0.1, -0.05) is 12.1 Å². The van der Waals surface area contributed by atoms with E-state index in [-0.39, 0.29) is 18.2 Å². The number of benzene rings is 1. The number of aromatic nitrogens is 1. The van der Waals surface area contributed by atoms with Crippen LogP contribution in [0.15, 0.2) is 30.3 Å². The molecule has 3 heterocycles. The van der Waals surface area contributed by atoms with Crippen LogP contribution in [0.3, 0.4) is 0 Å². The summed E-state index contributed by atoms with van der Waals surface area (Å²) in [5, 5.41) is 15.3. The Morgan fingerprint density at radius 3 is 2.88 bits per heavy atom. The van der Waals surface area contributed by atoms with Crippen molar-refractivity contribution in [1.29, 1.82) is 0 Å². The number of hydrogen-bond acceptors (Lipinski definition) is 5. The number of nitrogens with one attached hydrogen (secondary N) is 2. The standard InChI is InChI=1S/C24H29FN4O4/c1-33-21-9-6-17(11-19(21)25)20(12-22(30)31)28-24(32)29-13-15(14-29)4-7-18-8-5-16-3-2-10-26-23(16)27-18/h5-6,8-9,11,15,20H,2-4,7,10,12-14H2,1H3,(H,26,27)(H,28,32)(H,30,31). The number of rotatable bonds is 8. The molecule has 33 heavy (non-hydrogen) atoms. The number of aliphatic carboxylic acids is 1. The lowest BCUT2D eigenvalue weighted by Crippen LogP contribution is -2.54. The average Bonchev–Trinajstić information content (AvgIpc) is 2.77. The Morgan fingerprint density at radius 1 is 1.33 bits per heavy atom. The van der Waals surface area contributed by atoms with Gasteiger partial charge in [0.2, 0.25) is 0 Å². The van der Waals surface area contributed by atoms with Crippen molar-refractivity contribution in [2.45, 2.75) is 38.1 Å². The Labute approximate surface area is 192 Å². The quantitative estimate of drug-likeness (QED) is 0.563. The van der Waals surface area contributed by atoms with Crippen LogP contribution in [0.1, 0.15) is 42.1 Å². The molecule has 0 bridgehead atoms. The number of amides is 2. The number of halogens is 1. The van der Waals surface area contributed by atoms with E-state index in [2.05, 4.69) is 22.8 Å². The van der Waals surface area contributed by atoms with Gasteiger partial charge in [0.15, 0.2) is 11.6 Å². The van der Waals surface area contributed by atoms with Crippen molar-refractivity contribution >= 4 is 17.8 Å². The largest absolute Gasteiger partial charge is 0.494 e. The van der Waals surface area contributed by atoms with Crippen molar-refractivity contribution in [3.63, 3.8) is 0 Å². The molecule has 3 N–H and O–H groups in total. The van der Waals surface area contributed by atoms with Crippen molar-refractivity contribution in [1.82, 2.24) is 15.2 Å². The summed E-state index contributed by atoms with van der Waals surface area (Å²) in [6.07, 6.45) is 3.63. The first-order valence-corrected chi connectivity index (χ1v) is 11.3. The first-order valence-electron chi connectivity index (χ1n) is 11.3. The maximum atomic E-state index is 14.1. The molecule has 1 saturated heterocycles. The highest BCUT2D eigenvalue weighted by molar-refractivity contribution is 5.77. The molecule has 1 aromatic carbocycles. The van der Waals surface area contributed by atoms with Gasteiger partial charge in [-0.05, 0) is 60.9 Å². The first-order chi connectivity index (χ1) is 15.9. The second kappa shape index (κ2) is 10.1. The minimum absolute atomic E-state index is 0.0638. The van der Waals surface area contributed by atoms with Crippen LogP contribution < -0.4 is 15.4 Å². The van der Waals surface area contributed by atoms with E-state index in [9.17, 15) is 19.1 Å². The van der Waals surface area contributed by atoms with Crippen LogP contribution in [0.25, 0.3) is 0 Å². The van der Waals surface area contributed by atoms with E-state index in [0.29, 0.717) is 24.6 Å². The van der Waals surface area contributed by atoms with Crippen LogP contribution in [0.5, 0.6) is 5.75 Å². The van der Waals surface area contributed by atoms with Crippen molar-refractivity contribution in [2.24, 2.45) is 5.92 Å². The topological polar surface area (TPSA) is 104 Å². The number of nitrogens with zero attached hydrogens (tertiary/aromatic N) is 2. The molecule has 176 valence electrons. The molecular weight excluding hydrogens is 427 g/mol. The van der Waals surface area contributed by atoms with E-state index in [0.717, 1.165) is 43.7 Å². The van der Waals surface area contributed by atoms with Gasteiger partial charge in [0.1, 0.15) is 5.82 Å². The summed E-state index contributed by atoms with van der Waals surface area (Å²) in [5.74, 6) is -0.251. The number of anilines is 1. The predicted octanol–water partition coefficient (Wildman–Crippen LogP) is 3.38. The van der Waals surface area contributed by atoms with Crippen LogP contribution >= 0.6 is 0 Å². The average molecular weight is 457 g/mol. The fraction of sp³-hybridized carbons (Fsp3) is 0.458. The molecule has 2 aromatic rings. The molecule has 0 radical (unpaired) electrons. The van der Waals surface area contributed by atoms with Crippen molar-refractivity contribution < 1.29 is 23.8 Å². The Balaban J connectivity index is 1.28. The van der Waals surface area contributed by atoms with Gasteiger partial charge in [-0.3, -0.25) is 4.79 Å². The maximum absolute atomic E-state index is 14.1. The normalized spacial score (nSPS) is 16.2. The second-order valence-electron chi connectivity index (χ2n) is 8.64. The zero-order valence-electron chi connectivity index (χ0n) is 18.6. The number of likely N-dealkylation sites (tertiary alicyclic amines) is 1. The van der Waals surface area contributed by atoms with Gasteiger partial charge in [0, 0.05) is 25.3 Å². The van der Waals surface area contributed by atoms with Gasteiger partial charge in [-0.2, -0.15) is 0 Å². The molecule has 1 atom stereocenters. The third kappa shape index (κ3) is 5.53. The zero-order chi connectivity index (χ0) is 23.4. The predicted molar refractivity (Wildman–Crippen MR) is 121 cm³/mol. The lowest BCUT2D eigenvalue weighted by molar-refractivity contribution is -0.137. The number of carboxylic acids is 1. The van der Waals surface area contributed by atoms with Crippen molar-refractivity contribution in [3.8, 4) is 5.75 Å². The number of aryl methyl sites for hydroxylation is 2. The summed E-state index contributed by atoms with van der Waals surface area (Å²) in [6, 6.07) is 7.25. The molecule has 1 aromatic heterocycles. The smallest absolute Gasteiger partial charge is 0.317 e. The van der Waals surface area contributed by atoms with Crippen LogP contribution in [0.4, 0.5) is 15.0 Å². The highest BCUT2D eigenvalue weighted by atomic mass is 19.1. The van der Waals surface area contributed by atoms with Gasteiger partial charge in [-0.25, -0.2) is 14.2 Å². The minimum Gasteiger partial charge on any atom is -0.494 e. The first kappa shape index (κ1) is 22.8. The van der Waals surface area contributed by atoms with Crippen molar-refractivity contribution in [3.05, 3.63) is 53.0 Å². The van der Waals surface area contributed by atoms with Crippen LogP contribution in [-0.2, 0) is 17.6 Å². The summed E-state index contributed by atoms with van der Waals surface area (Å²) < 4.78 is 19.0. The second-order valence-corrected chi connectivity index (χ2v) is 8.64. The summed E-state index contributed by atoms with van der Waals surface area (Å²) in [4.78, 5) is 30.3. The molecule has 2 aliphatic rings. The maximum Gasteiger partial charge on any atom is 0.317 e. The molecule has 1 fully saturated rings. The minimum atomic E-state index is -1.08. The Morgan fingerprint density at radius 2 is 2.15 bits per heavy atom. The highest BCUT2D eigenvalue weighted by Crippen LogP contribution is 2.27. The van der Waals surface area contributed by atoms with E-state index in [1.165, 1.54) is 24.8 Å². The van der Waals surface area contributed by atoms with Gasteiger partial charge in [-0.15, -0.1) is 0 Å². The molecular formula is C24H29FN4O4. The number of methoxy groups -OCH3 is 1. The number of carbonyl (C=O) groups is 2. The Bertz CT molecular complexity index is 1030. The summed E-state index contributed by atoms with van der Waals surface area (Å²) in [6.45, 7) is 2.17. The number of carbonyl (C=O) groups excluding carboxylic acids is 1. The van der Waals surface area contributed by atoms with Gasteiger partial charge in [0.05, 0.1) is 19.6 Å². The van der Waals surface area contributed by atoms with Gasteiger partial charge < -0.3 is 25.4 Å². The lowest BCUT2D eigenvalue weighted by Gasteiger charge is -2.40. The number of ether oxygens (including phenoxy) is 1. The van der Waals surface area contributed by atoms with E-state index >= 15 is 0 Å². The number of pyridine rings is 1. The number of carboxylic acid groups (broad SMARTS) is 1. The summed E-state index contributed by atoms with van der Waals surface area (Å²) in [5.41, 5.74) is 2.70. The van der Waals surface area contributed by atoms with E-state index < -0.39 is 17.8 Å². The fourth-order valence-electron chi connectivity index (χ4n) is 4.34. The van der Waals surface area contributed by atoms with E-state index in [4.69, 9.17) is 9.72 Å². The summed E-state index contributed by atoms with van der Waals surface area (Å²) in [7, 11) is 1.35. The monoisotopic (exact) mass is 456 g/mol.